The third kappa shape index (κ3) is 3.44. The minimum absolute atomic E-state index is 0.0105. The molecule has 1 amide bonds. The van der Waals surface area contributed by atoms with E-state index in [9.17, 15) is 9.59 Å². The van der Waals surface area contributed by atoms with Gasteiger partial charge in [0.15, 0.2) is 0 Å². The Balaban J connectivity index is 1.76. The predicted octanol–water partition coefficient (Wildman–Crippen LogP) is 4.18. The number of carbonyl (C=O) groups excluding carboxylic acids is 1. The molecule has 3 aromatic rings. The number of carbonyl (C=O) groups is 1. The Labute approximate surface area is 164 Å². The van der Waals surface area contributed by atoms with Gasteiger partial charge in [-0.05, 0) is 50.1 Å². The third-order valence-electron chi connectivity index (χ3n) is 5.44. The number of amides is 1. The van der Waals surface area contributed by atoms with Gasteiger partial charge in [0, 0.05) is 30.8 Å². The molecule has 0 atom stereocenters. The number of nitrogens with zero attached hydrogens (tertiary/aromatic N) is 3. The van der Waals surface area contributed by atoms with Gasteiger partial charge in [-0.25, -0.2) is 4.98 Å². The third-order valence-corrected chi connectivity index (χ3v) is 5.44. The van der Waals surface area contributed by atoms with E-state index < -0.39 is 0 Å². The van der Waals surface area contributed by atoms with Gasteiger partial charge in [-0.1, -0.05) is 31.0 Å². The van der Waals surface area contributed by atoms with Gasteiger partial charge in [0.05, 0.1) is 10.9 Å². The lowest BCUT2D eigenvalue weighted by Crippen LogP contribution is -2.31. The number of anilines is 1. The maximum absolute atomic E-state index is 13.1. The Morgan fingerprint density at radius 2 is 1.86 bits per heavy atom. The maximum atomic E-state index is 13.1. The topological polar surface area (TPSA) is 55.2 Å². The Bertz CT molecular complexity index is 1060. The van der Waals surface area contributed by atoms with Crippen LogP contribution in [-0.4, -0.2) is 22.0 Å². The molecule has 0 bridgehead atoms. The van der Waals surface area contributed by atoms with Crippen LogP contribution in [0.1, 0.15) is 48.8 Å². The molecule has 2 heterocycles. The highest BCUT2D eigenvalue weighted by Gasteiger charge is 2.18. The van der Waals surface area contributed by atoms with Crippen molar-refractivity contribution in [2.75, 3.05) is 11.4 Å². The minimum atomic E-state index is -0.0794. The zero-order valence-corrected chi connectivity index (χ0v) is 16.2. The fourth-order valence-electron chi connectivity index (χ4n) is 3.94. The van der Waals surface area contributed by atoms with Crippen molar-refractivity contribution in [3.8, 4) is 0 Å². The van der Waals surface area contributed by atoms with Crippen LogP contribution < -0.4 is 10.5 Å². The standard InChI is InChI=1S/C23H25N3O2/c1-2-25(18-10-6-5-7-11-18)22(27)17-13-14-19-20(16-17)24-21-12-8-3-4-9-15-26(21)23(19)28/h5-7,10-11,13-14,16H,2-4,8-9,12,15H2,1H3. The van der Waals surface area contributed by atoms with Crippen molar-refractivity contribution in [3.05, 3.63) is 70.3 Å². The highest BCUT2D eigenvalue weighted by Crippen LogP contribution is 2.20. The quantitative estimate of drug-likeness (QED) is 0.690. The number of hydrogen-bond donors (Lipinski definition) is 0. The molecule has 5 nitrogen and oxygen atoms in total. The second kappa shape index (κ2) is 7.97. The highest BCUT2D eigenvalue weighted by molar-refractivity contribution is 6.07. The molecule has 28 heavy (non-hydrogen) atoms. The molecule has 1 aliphatic heterocycles. The molecule has 0 spiro atoms. The summed E-state index contributed by atoms with van der Waals surface area (Å²) in [6.07, 6.45) is 5.21. The van der Waals surface area contributed by atoms with Crippen LogP contribution in [0.3, 0.4) is 0 Å². The number of benzene rings is 2. The van der Waals surface area contributed by atoms with E-state index in [4.69, 9.17) is 4.98 Å². The normalized spacial score (nSPS) is 14.2. The van der Waals surface area contributed by atoms with Crippen LogP contribution in [0.2, 0.25) is 0 Å². The van der Waals surface area contributed by atoms with Gasteiger partial charge in [0.1, 0.15) is 5.82 Å². The summed E-state index contributed by atoms with van der Waals surface area (Å²) in [5.41, 5.74) is 2.05. The fraction of sp³-hybridized carbons (Fsp3) is 0.348. The number of para-hydroxylation sites is 1. The van der Waals surface area contributed by atoms with Gasteiger partial charge in [0.25, 0.3) is 11.5 Å². The van der Waals surface area contributed by atoms with E-state index in [1.165, 1.54) is 6.42 Å². The van der Waals surface area contributed by atoms with Crippen LogP contribution in [0.15, 0.2) is 53.3 Å². The summed E-state index contributed by atoms with van der Waals surface area (Å²) in [7, 11) is 0. The van der Waals surface area contributed by atoms with Gasteiger partial charge in [0.2, 0.25) is 0 Å². The summed E-state index contributed by atoms with van der Waals surface area (Å²) < 4.78 is 1.82. The highest BCUT2D eigenvalue weighted by atomic mass is 16.2. The first kappa shape index (κ1) is 18.4. The van der Waals surface area contributed by atoms with Gasteiger partial charge >= 0.3 is 0 Å². The minimum Gasteiger partial charge on any atom is -0.309 e. The molecule has 1 aromatic heterocycles. The number of rotatable bonds is 3. The first-order valence-corrected chi connectivity index (χ1v) is 10.1. The maximum Gasteiger partial charge on any atom is 0.261 e. The summed E-state index contributed by atoms with van der Waals surface area (Å²) in [4.78, 5) is 32.6. The van der Waals surface area contributed by atoms with Gasteiger partial charge in [-0.15, -0.1) is 0 Å². The molecule has 0 saturated carbocycles. The van der Waals surface area contributed by atoms with Gasteiger partial charge in [-0.3, -0.25) is 14.2 Å². The number of aryl methyl sites for hydroxylation is 1. The van der Waals surface area contributed by atoms with Crippen molar-refractivity contribution < 1.29 is 4.79 Å². The first-order chi connectivity index (χ1) is 13.7. The van der Waals surface area contributed by atoms with E-state index in [1.54, 1.807) is 23.1 Å². The average molecular weight is 375 g/mol. The lowest BCUT2D eigenvalue weighted by Gasteiger charge is -2.21. The van der Waals surface area contributed by atoms with Crippen molar-refractivity contribution >= 4 is 22.5 Å². The Morgan fingerprint density at radius 3 is 2.64 bits per heavy atom. The number of aromatic nitrogens is 2. The molecule has 0 unspecified atom stereocenters. The van der Waals surface area contributed by atoms with Crippen molar-refractivity contribution in [3.63, 3.8) is 0 Å². The predicted molar refractivity (Wildman–Crippen MR) is 112 cm³/mol. The number of hydrogen-bond acceptors (Lipinski definition) is 3. The second-order valence-corrected chi connectivity index (χ2v) is 7.27. The summed E-state index contributed by atoms with van der Waals surface area (Å²) in [5, 5.41) is 0.587. The summed E-state index contributed by atoms with van der Waals surface area (Å²) in [6, 6.07) is 14.9. The van der Waals surface area contributed by atoms with E-state index in [0.29, 0.717) is 23.0 Å². The molecule has 5 heteroatoms. The van der Waals surface area contributed by atoms with Crippen molar-refractivity contribution in [1.82, 2.24) is 9.55 Å². The molecular weight excluding hydrogens is 350 g/mol. The van der Waals surface area contributed by atoms with E-state index >= 15 is 0 Å². The van der Waals surface area contributed by atoms with E-state index in [0.717, 1.165) is 43.7 Å². The first-order valence-electron chi connectivity index (χ1n) is 10.1. The molecule has 1 aliphatic rings. The summed E-state index contributed by atoms with van der Waals surface area (Å²) >= 11 is 0. The molecule has 0 saturated heterocycles. The van der Waals surface area contributed by atoms with Crippen molar-refractivity contribution in [2.24, 2.45) is 0 Å². The molecule has 4 rings (SSSR count). The SMILES string of the molecule is CCN(C(=O)c1ccc2c(=O)n3c(nc2c1)CCCCCC3)c1ccccc1. The van der Waals surface area contributed by atoms with Crippen LogP contribution >= 0.6 is 0 Å². The number of fused-ring (bicyclic) bond motifs is 2. The monoisotopic (exact) mass is 375 g/mol. The second-order valence-electron chi connectivity index (χ2n) is 7.27. The van der Waals surface area contributed by atoms with Gasteiger partial charge in [-0.2, -0.15) is 0 Å². The lowest BCUT2D eigenvalue weighted by molar-refractivity contribution is 0.0988. The van der Waals surface area contributed by atoms with E-state index in [1.807, 2.05) is 41.8 Å². The zero-order chi connectivity index (χ0) is 19.5. The zero-order valence-electron chi connectivity index (χ0n) is 16.2. The molecule has 0 fully saturated rings. The van der Waals surface area contributed by atoms with E-state index in [-0.39, 0.29) is 11.5 Å². The lowest BCUT2D eigenvalue weighted by atomic mass is 10.1. The Kier molecular flexibility index (Phi) is 5.24. The largest absolute Gasteiger partial charge is 0.309 e. The van der Waals surface area contributed by atoms with Crippen LogP contribution in [0.5, 0.6) is 0 Å². The van der Waals surface area contributed by atoms with Crippen molar-refractivity contribution in [1.29, 1.82) is 0 Å². The molecule has 0 N–H and O–H groups in total. The molecule has 2 aromatic carbocycles. The summed E-state index contributed by atoms with van der Waals surface area (Å²) in [6.45, 7) is 3.26. The Morgan fingerprint density at radius 1 is 1.07 bits per heavy atom. The molecular formula is C23H25N3O2. The van der Waals surface area contributed by atoms with Gasteiger partial charge < -0.3 is 4.90 Å². The van der Waals surface area contributed by atoms with Crippen LogP contribution in [0, 0.1) is 0 Å². The van der Waals surface area contributed by atoms with Crippen LogP contribution in [-0.2, 0) is 13.0 Å². The Hall–Kier alpha value is -2.95. The summed E-state index contributed by atoms with van der Waals surface area (Å²) in [5.74, 6) is 0.765. The molecule has 0 radical (unpaired) electrons. The molecule has 144 valence electrons. The smallest absolute Gasteiger partial charge is 0.261 e. The van der Waals surface area contributed by atoms with Crippen LogP contribution in [0.25, 0.3) is 10.9 Å². The van der Waals surface area contributed by atoms with Crippen LogP contribution in [0.4, 0.5) is 5.69 Å². The van der Waals surface area contributed by atoms with E-state index in [2.05, 4.69) is 0 Å². The van der Waals surface area contributed by atoms with Crippen molar-refractivity contribution in [2.45, 2.75) is 45.6 Å². The average Bonchev–Trinajstić information content (AvgIpc) is 2.70. The molecule has 0 aliphatic carbocycles. The fourth-order valence-corrected chi connectivity index (χ4v) is 3.94.